The van der Waals surface area contributed by atoms with Crippen LogP contribution in [0.3, 0.4) is 0 Å². The highest BCUT2D eigenvalue weighted by Crippen LogP contribution is 2.63. The highest BCUT2D eigenvalue weighted by Gasteiger charge is 2.94. The molecule has 0 spiro atoms. The summed E-state index contributed by atoms with van der Waals surface area (Å²) in [5.74, 6) is -43.3. The number of halogens is 20. The van der Waals surface area contributed by atoms with E-state index in [9.17, 15) is 87.8 Å². The molecule has 0 aromatic rings. The fourth-order valence-electron chi connectivity index (χ4n) is 1.24. The predicted octanol–water partition coefficient (Wildman–Crippen LogP) is 6.49. The first kappa shape index (κ1) is 28.6. The smallest absolute Gasteiger partial charge is 0.243 e. The maximum absolute atomic E-state index is 13.0. The van der Waals surface area contributed by atoms with E-state index in [0.717, 1.165) is 4.74 Å². The second-order valence-electron chi connectivity index (χ2n) is 5.00. The van der Waals surface area contributed by atoms with Gasteiger partial charge in [0.2, 0.25) is 0 Å². The summed E-state index contributed by atoms with van der Waals surface area (Å²) in [6, 6.07) is 0. The van der Waals surface area contributed by atoms with Crippen LogP contribution in [-0.4, -0.2) is 54.2 Å². The zero-order chi connectivity index (χ0) is 25.2. The van der Waals surface area contributed by atoms with E-state index in [1.54, 1.807) is 0 Å². The topological polar surface area (TPSA) is 9.23 Å². The Morgan fingerprint density at radius 2 is 0.533 bits per heavy atom. The van der Waals surface area contributed by atoms with Gasteiger partial charge >= 0.3 is 54.2 Å². The largest absolute Gasteiger partial charge is 0.483 e. The van der Waals surface area contributed by atoms with Gasteiger partial charge in [0.25, 0.3) is 0 Å². The maximum atomic E-state index is 13.0. The normalized spacial score (nSPS) is 16.8. The standard InChI is InChI=1S/C9F20O/c10-1(11,2(12,13)4(16,17)6(20,21)22)3(14,15)5(18,19)8(26,27)30-9(28,29)7(23,24)25. The average molecular weight is 504 g/mol. The van der Waals surface area contributed by atoms with Gasteiger partial charge in [-0.2, -0.15) is 87.8 Å². The molecule has 182 valence electrons. The van der Waals surface area contributed by atoms with Gasteiger partial charge in [-0.05, 0) is 0 Å². The molecule has 0 radical (unpaired) electrons. The van der Waals surface area contributed by atoms with Gasteiger partial charge in [-0.15, -0.1) is 0 Å². The molecule has 30 heavy (non-hydrogen) atoms. The van der Waals surface area contributed by atoms with Gasteiger partial charge in [0, 0.05) is 0 Å². The molecule has 0 bridgehead atoms. The molecule has 0 atom stereocenters. The molecule has 0 N–H and O–H groups in total. The summed E-state index contributed by atoms with van der Waals surface area (Å²) in [5.41, 5.74) is 0. The number of alkyl halides is 20. The van der Waals surface area contributed by atoms with Gasteiger partial charge in [-0.25, -0.2) is 4.74 Å². The molecule has 0 aliphatic heterocycles. The van der Waals surface area contributed by atoms with Crippen LogP contribution < -0.4 is 0 Å². The molecule has 0 unspecified atom stereocenters. The Bertz CT molecular complexity index is 621. The summed E-state index contributed by atoms with van der Waals surface area (Å²) in [5, 5.41) is 0. The van der Waals surface area contributed by atoms with Crippen LogP contribution in [0.4, 0.5) is 87.8 Å². The molecule has 21 heteroatoms. The van der Waals surface area contributed by atoms with Crippen LogP contribution in [0, 0.1) is 0 Å². The minimum atomic E-state index is -8.84. The van der Waals surface area contributed by atoms with Crippen LogP contribution in [-0.2, 0) is 4.74 Å². The lowest BCUT2D eigenvalue weighted by Gasteiger charge is -2.41. The quantitative estimate of drug-likeness (QED) is 0.361. The Hall–Kier alpha value is -1.44. The van der Waals surface area contributed by atoms with Crippen LogP contribution >= 0.6 is 0 Å². The highest BCUT2D eigenvalue weighted by atomic mass is 19.4. The molecule has 0 rings (SSSR count). The third kappa shape index (κ3) is 3.80. The summed E-state index contributed by atoms with van der Waals surface area (Å²) < 4.78 is 249. The van der Waals surface area contributed by atoms with Gasteiger partial charge in [0.05, 0.1) is 0 Å². The second-order valence-corrected chi connectivity index (χ2v) is 5.00. The summed E-state index contributed by atoms with van der Waals surface area (Å²) in [7, 11) is 0. The van der Waals surface area contributed by atoms with Crippen LogP contribution in [0.5, 0.6) is 0 Å². The molecule has 0 aromatic carbocycles. The van der Waals surface area contributed by atoms with Gasteiger partial charge < -0.3 is 0 Å². The molecule has 1 nitrogen and oxygen atoms in total. The van der Waals surface area contributed by atoms with Crippen LogP contribution in [0.1, 0.15) is 0 Å². The molecule has 0 heterocycles. The van der Waals surface area contributed by atoms with Crippen molar-refractivity contribution in [3.05, 3.63) is 0 Å². The first-order chi connectivity index (χ1) is 12.5. The Morgan fingerprint density at radius 1 is 0.267 bits per heavy atom. The number of hydrogen-bond acceptors (Lipinski definition) is 1. The fourth-order valence-corrected chi connectivity index (χ4v) is 1.24. The van der Waals surface area contributed by atoms with E-state index in [2.05, 4.69) is 0 Å². The summed E-state index contributed by atoms with van der Waals surface area (Å²) in [6.07, 6.45) is -31.1. The fraction of sp³-hybridized carbons (Fsp3) is 1.00. The third-order valence-electron chi connectivity index (χ3n) is 2.89. The van der Waals surface area contributed by atoms with E-state index >= 15 is 0 Å². The Labute approximate surface area is 148 Å². The van der Waals surface area contributed by atoms with Crippen molar-refractivity contribution in [3.8, 4) is 0 Å². The number of hydrogen-bond donors (Lipinski definition) is 0. The summed E-state index contributed by atoms with van der Waals surface area (Å²) in [6.45, 7) is 0. The maximum Gasteiger partial charge on any atom is 0.483 e. The minimum absolute atomic E-state index is 0.992. The molecule has 0 saturated carbocycles. The van der Waals surface area contributed by atoms with Gasteiger partial charge in [-0.3, -0.25) is 0 Å². The zero-order valence-corrected chi connectivity index (χ0v) is 12.5. The zero-order valence-electron chi connectivity index (χ0n) is 12.5. The van der Waals surface area contributed by atoms with Gasteiger partial charge in [-0.1, -0.05) is 0 Å². The van der Waals surface area contributed by atoms with E-state index < -0.39 is 54.2 Å². The molecule has 0 aliphatic rings. The highest BCUT2D eigenvalue weighted by molar-refractivity contribution is 5.12. The lowest BCUT2D eigenvalue weighted by atomic mass is 9.93. The van der Waals surface area contributed by atoms with Crippen molar-refractivity contribution in [1.29, 1.82) is 0 Å². The first-order valence-corrected chi connectivity index (χ1v) is 5.94. The van der Waals surface area contributed by atoms with E-state index in [1.165, 1.54) is 0 Å². The van der Waals surface area contributed by atoms with E-state index in [0.29, 0.717) is 0 Å². The van der Waals surface area contributed by atoms with E-state index in [4.69, 9.17) is 0 Å². The number of ether oxygens (including phenoxy) is 1. The molecule has 0 saturated heterocycles. The molecule has 0 aliphatic carbocycles. The Kier molecular flexibility index (Phi) is 6.45. The third-order valence-corrected chi connectivity index (χ3v) is 2.89. The molecular formula is C9F20O. The minimum Gasteiger partial charge on any atom is -0.243 e. The van der Waals surface area contributed by atoms with E-state index in [1.807, 2.05) is 0 Å². The Morgan fingerprint density at radius 3 is 0.800 bits per heavy atom. The second kappa shape index (κ2) is 6.78. The van der Waals surface area contributed by atoms with Crippen LogP contribution in [0.15, 0.2) is 0 Å². The van der Waals surface area contributed by atoms with Crippen LogP contribution in [0.25, 0.3) is 0 Å². The first-order valence-electron chi connectivity index (χ1n) is 5.94. The molecule has 0 fully saturated rings. The predicted molar refractivity (Wildman–Crippen MR) is 47.8 cm³/mol. The lowest BCUT2D eigenvalue weighted by molar-refractivity contribution is -0.519. The SMILES string of the molecule is FC(F)(F)C(F)(F)OC(F)(F)C(F)(F)C(F)(F)C(F)(F)C(F)(F)C(F)(F)C(F)(F)F. The summed E-state index contributed by atoms with van der Waals surface area (Å²) in [4.78, 5) is 0. The summed E-state index contributed by atoms with van der Waals surface area (Å²) >= 11 is 0. The van der Waals surface area contributed by atoms with Crippen LogP contribution in [0.2, 0.25) is 0 Å². The van der Waals surface area contributed by atoms with Crippen molar-refractivity contribution >= 4 is 0 Å². The van der Waals surface area contributed by atoms with Crippen molar-refractivity contribution in [3.63, 3.8) is 0 Å². The van der Waals surface area contributed by atoms with Crippen molar-refractivity contribution in [2.75, 3.05) is 0 Å². The van der Waals surface area contributed by atoms with Gasteiger partial charge in [0.1, 0.15) is 0 Å². The molecular weight excluding hydrogens is 504 g/mol. The Balaban J connectivity index is 6.56. The van der Waals surface area contributed by atoms with E-state index in [-0.39, 0.29) is 0 Å². The molecule has 0 aromatic heterocycles. The number of rotatable bonds is 7. The van der Waals surface area contributed by atoms with Gasteiger partial charge in [0.15, 0.2) is 0 Å². The van der Waals surface area contributed by atoms with Crippen molar-refractivity contribution in [2.24, 2.45) is 0 Å². The monoisotopic (exact) mass is 504 g/mol. The van der Waals surface area contributed by atoms with Crippen molar-refractivity contribution in [2.45, 2.75) is 54.2 Å². The molecule has 0 amide bonds. The lowest BCUT2D eigenvalue weighted by Crippen LogP contribution is -2.73. The average Bonchev–Trinajstić information content (AvgIpc) is 2.42. The van der Waals surface area contributed by atoms with Crippen molar-refractivity contribution < 1.29 is 92.5 Å². The van der Waals surface area contributed by atoms with Crippen molar-refractivity contribution in [1.82, 2.24) is 0 Å².